The number of anilines is 1. The molecule has 0 saturated heterocycles. The van der Waals surface area contributed by atoms with Crippen LogP contribution in [0.2, 0.25) is 0 Å². The van der Waals surface area contributed by atoms with E-state index < -0.39 is 0 Å². The molecule has 1 aromatic carbocycles. The van der Waals surface area contributed by atoms with Gasteiger partial charge in [0.25, 0.3) is 5.91 Å². The van der Waals surface area contributed by atoms with Gasteiger partial charge in [-0.05, 0) is 63.1 Å². The van der Waals surface area contributed by atoms with Crippen molar-refractivity contribution in [1.82, 2.24) is 9.55 Å². The van der Waals surface area contributed by atoms with Gasteiger partial charge in [0.05, 0.1) is 11.4 Å². The Morgan fingerprint density at radius 3 is 2.71 bits per heavy atom. The second-order valence-corrected chi connectivity index (χ2v) is 6.87. The summed E-state index contributed by atoms with van der Waals surface area (Å²) in [6, 6.07) is 9.98. The molecule has 0 spiro atoms. The van der Waals surface area contributed by atoms with E-state index in [1.807, 2.05) is 50.4 Å². The molecule has 0 bridgehead atoms. The lowest BCUT2D eigenvalue weighted by atomic mass is 10.1. The Labute approximate surface area is 146 Å². The molecule has 124 valence electrons. The van der Waals surface area contributed by atoms with Crippen LogP contribution in [-0.2, 0) is 6.54 Å². The fourth-order valence-corrected chi connectivity index (χ4v) is 3.61. The summed E-state index contributed by atoms with van der Waals surface area (Å²) >= 11 is 1.44. The highest BCUT2D eigenvalue weighted by Crippen LogP contribution is 2.29. The lowest BCUT2D eigenvalue weighted by Gasteiger charge is -2.06. The monoisotopic (exact) mass is 339 g/mol. The number of thiazole rings is 1. The molecule has 0 atom stereocenters. The molecule has 24 heavy (non-hydrogen) atoms. The Morgan fingerprint density at radius 2 is 2.00 bits per heavy atom. The van der Waals surface area contributed by atoms with Gasteiger partial charge in [-0.3, -0.25) is 4.79 Å². The average Bonchev–Trinajstić information content (AvgIpc) is 3.16. The molecule has 0 aliphatic carbocycles. The van der Waals surface area contributed by atoms with E-state index in [4.69, 9.17) is 0 Å². The van der Waals surface area contributed by atoms with Gasteiger partial charge >= 0.3 is 0 Å². The summed E-state index contributed by atoms with van der Waals surface area (Å²) in [6.07, 6.45) is 2.03. The van der Waals surface area contributed by atoms with Crippen molar-refractivity contribution in [1.29, 1.82) is 0 Å². The van der Waals surface area contributed by atoms with Gasteiger partial charge in [0.2, 0.25) is 0 Å². The number of benzene rings is 1. The van der Waals surface area contributed by atoms with Gasteiger partial charge in [-0.1, -0.05) is 6.07 Å². The topological polar surface area (TPSA) is 46.9 Å². The van der Waals surface area contributed by atoms with Gasteiger partial charge in [-0.25, -0.2) is 4.98 Å². The van der Waals surface area contributed by atoms with E-state index in [2.05, 4.69) is 28.7 Å². The summed E-state index contributed by atoms with van der Waals surface area (Å²) in [7, 11) is 0. The minimum absolute atomic E-state index is 0.103. The third-order valence-corrected chi connectivity index (χ3v) is 5.34. The minimum atomic E-state index is -0.103. The number of carbonyl (C=O) groups is 1. The van der Waals surface area contributed by atoms with Crippen LogP contribution in [0, 0.1) is 20.8 Å². The van der Waals surface area contributed by atoms with Crippen LogP contribution in [0.15, 0.2) is 36.5 Å². The van der Waals surface area contributed by atoms with Crippen LogP contribution < -0.4 is 5.32 Å². The number of hydrogen-bond acceptors (Lipinski definition) is 3. The molecule has 2 aromatic heterocycles. The van der Waals surface area contributed by atoms with Crippen molar-refractivity contribution in [3.63, 3.8) is 0 Å². The lowest BCUT2D eigenvalue weighted by Crippen LogP contribution is -2.11. The largest absolute Gasteiger partial charge is 0.346 e. The molecule has 0 fully saturated rings. The quantitative estimate of drug-likeness (QED) is 0.741. The predicted octanol–water partition coefficient (Wildman–Crippen LogP) is 4.81. The second kappa shape index (κ2) is 6.61. The van der Waals surface area contributed by atoms with E-state index in [0.29, 0.717) is 4.88 Å². The number of amides is 1. The number of carbonyl (C=O) groups excluding carboxylic acids is 1. The molecule has 0 unspecified atom stereocenters. The third kappa shape index (κ3) is 3.12. The molecule has 5 heteroatoms. The van der Waals surface area contributed by atoms with Crippen molar-refractivity contribution >= 4 is 22.9 Å². The maximum absolute atomic E-state index is 12.6. The minimum Gasteiger partial charge on any atom is -0.346 e. The predicted molar refractivity (Wildman–Crippen MR) is 99.8 cm³/mol. The summed E-state index contributed by atoms with van der Waals surface area (Å²) < 4.78 is 2.13. The van der Waals surface area contributed by atoms with Crippen LogP contribution in [0.3, 0.4) is 0 Å². The molecule has 0 aliphatic rings. The highest BCUT2D eigenvalue weighted by atomic mass is 32.1. The second-order valence-electron chi connectivity index (χ2n) is 5.87. The third-order valence-electron chi connectivity index (χ3n) is 4.16. The normalized spacial score (nSPS) is 10.8. The summed E-state index contributed by atoms with van der Waals surface area (Å²) in [4.78, 5) is 17.9. The maximum Gasteiger partial charge on any atom is 0.267 e. The molecular formula is C19H21N3OS. The Balaban J connectivity index is 1.87. The number of nitrogens with one attached hydrogen (secondary N) is 1. The van der Waals surface area contributed by atoms with E-state index in [0.717, 1.165) is 34.2 Å². The van der Waals surface area contributed by atoms with Crippen LogP contribution in [0.4, 0.5) is 5.69 Å². The van der Waals surface area contributed by atoms with Crippen molar-refractivity contribution < 1.29 is 4.79 Å². The van der Waals surface area contributed by atoms with Crippen molar-refractivity contribution in [3.05, 3.63) is 58.2 Å². The summed E-state index contributed by atoms with van der Waals surface area (Å²) in [6.45, 7) is 8.96. The molecule has 2 heterocycles. The molecule has 3 aromatic rings. The number of aromatic nitrogens is 2. The molecule has 0 aliphatic heterocycles. The zero-order chi connectivity index (χ0) is 17.3. The summed E-state index contributed by atoms with van der Waals surface area (Å²) in [5.74, 6) is -0.103. The number of hydrogen-bond donors (Lipinski definition) is 1. The Kier molecular flexibility index (Phi) is 4.53. The van der Waals surface area contributed by atoms with Gasteiger partial charge in [0.15, 0.2) is 0 Å². The van der Waals surface area contributed by atoms with Gasteiger partial charge in [0, 0.05) is 18.4 Å². The van der Waals surface area contributed by atoms with E-state index in [-0.39, 0.29) is 5.91 Å². The molecule has 3 rings (SSSR count). The van der Waals surface area contributed by atoms with E-state index in [1.54, 1.807) is 0 Å². The Morgan fingerprint density at radius 1 is 1.21 bits per heavy atom. The number of rotatable bonds is 4. The number of aryl methyl sites for hydroxylation is 4. The van der Waals surface area contributed by atoms with E-state index >= 15 is 0 Å². The molecule has 0 saturated carbocycles. The maximum atomic E-state index is 12.6. The SMILES string of the molecule is CCn1cccc1-c1nc(C)c(C(=O)Nc2ccc(C)c(C)c2)s1. The lowest BCUT2D eigenvalue weighted by molar-refractivity contribution is 0.103. The van der Waals surface area contributed by atoms with Crippen LogP contribution in [-0.4, -0.2) is 15.5 Å². The van der Waals surface area contributed by atoms with E-state index in [1.165, 1.54) is 16.9 Å². The van der Waals surface area contributed by atoms with Crippen molar-refractivity contribution in [3.8, 4) is 10.7 Å². The molecular weight excluding hydrogens is 318 g/mol. The molecule has 4 nitrogen and oxygen atoms in total. The zero-order valence-corrected chi connectivity index (χ0v) is 15.2. The van der Waals surface area contributed by atoms with Crippen LogP contribution in [0.25, 0.3) is 10.7 Å². The van der Waals surface area contributed by atoms with Crippen molar-refractivity contribution in [2.75, 3.05) is 5.32 Å². The highest BCUT2D eigenvalue weighted by molar-refractivity contribution is 7.17. The van der Waals surface area contributed by atoms with Crippen LogP contribution >= 0.6 is 11.3 Å². The molecule has 1 N–H and O–H groups in total. The van der Waals surface area contributed by atoms with Gasteiger partial charge in [-0.15, -0.1) is 11.3 Å². The standard InChI is InChI=1S/C19H21N3OS/c1-5-22-10-6-7-16(22)19-20-14(4)17(24-19)18(23)21-15-9-8-12(2)13(3)11-15/h6-11H,5H2,1-4H3,(H,21,23). The first-order chi connectivity index (χ1) is 11.5. The van der Waals surface area contributed by atoms with E-state index in [9.17, 15) is 4.79 Å². The smallest absolute Gasteiger partial charge is 0.267 e. The van der Waals surface area contributed by atoms with Crippen molar-refractivity contribution in [2.45, 2.75) is 34.2 Å². The van der Waals surface area contributed by atoms with Crippen molar-refractivity contribution in [2.24, 2.45) is 0 Å². The highest BCUT2D eigenvalue weighted by Gasteiger charge is 2.18. The van der Waals surface area contributed by atoms with Crippen LogP contribution in [0.5, 0.6) is 0 Å². The fourth-order valence-electron chi connectivity index (χ4n) is 2.61. The molecule has 0 radical (unpaired) electrons. The summed E-state index contributed by atoms with van der Waals surface area (Å²) in [5, 5.41) is 3.86. The first kappa shape index (κ1) is 16.5. The zero-order valence-electron chi connectivity index (χ0n) is 14.4. The van der Waals surface area contributed by atoms with Gasteiger partial charge < -0.3 is 9.88 Å². The fraction of sp³-hybridized carbons (Fsp3) is 0.263. The number of nitrogens with zero attached hydrogens (tertiary/aromatic N) is 2. The Hall–Kier alpha value is -2.40. The Bertz CT molecular complexity index is 892. The summed E-state index contributed by atoms with van der Waals surface area (Å²) in [5.41, 5.74) is 5.00. The van der Waals surface area contributed by atoms with Crippen LogP contribution in [0.1, 0.15) is 33.4 Å². The first-order valence-corrected chi connectivity index (χ1v) is 8.82. The average molecular weight is 339 g/mol. The first-order valence-electron chi connectivity index (χ1n) is 8.01. The molecule has 1 amide bonds. The van der Waals surface area contributed by atoms with Gasteiger partial charge in [0.1, 0.15) is 9.88 Å². The van der Waals surface area contributed by atoms with Gasteiger partial charge in [-0.2, -0.15) is 0 Å².